The second-order valence-electron chi connectivity index (χ2n) is 3.42. The van der Waals surface area contributed by atoms with Gasteiger partial charge in [0.05, 0.1) is 12.7 Å². The molecule has 1 fully saturated rings. The highest BCUT2D eigenvalue weighted by atomic mass is 16.5. The summed E-state index contributed by atoms with van der Waals surface area (Å²) in [4.78, 5) is 14.9. The Bertz CT molecular complexity index is 394. The molecule has 96 valence electrons. The minimum Gasteiger partial charge on any atom is -0.400 e. The lowest BCUT2D eigenvalue weighted by Crippen LogP contribution is -2.27. The van der Waals surface area contributed by atoms with Gasteiger partial charge in [0.15, 0.2) is 0 Å². The van der Waals surface area contributed by atoms with Crippen molar-refractivity contribution >= 4 is 0 Å². The standard InChI is InChI=1S/C9H12N2O4.CH4O/c12-5-7-6(13)4-8(15-7)11-3-1-2-10-9(11)14;1-2/h1-3,6-8,12-13H,4-5H2;2H,1H3. The summed E-state index contributed by atoms with van der Waals surface area (Å²) in [6, 6.07) is 1.61. The Kier molecular flexibility index (Phi) is 5.23. The quantitative estimate of drug-likeness (QED) is 0.584. The molecule has 7 nitrogen and oxygen atoms in total. The highest BCUT2D eigenvalue weighted by molar-refractivity contribution is 4.87. The Morgan fingerprint density at radius 2 is 2.29 bits per heavy atom. The van der Waals surface area contributed by atoms with Gasteiger partial charge in [-0.15, -0.1) is 0 Å². The predicted octanol–water partition coefficient (Wildman–Crippen LogP) is -1.51. The van der Waals surface area contributed by atoms with Gasteiger partial charge >= 0.3 is 5.69 Å². The fourth-order valence-electron chi connectivity index (χ4n) is 1.64. The average Bonchev–Trinajstić information content (AvgIpc) is 2.73. The summed E-state index contributed by atoms with van der Waals surface area (Å²) in [6.07, 6.45) is 1.32. The molecule has 0 aliphatic carbocycles. The zero-order valence-electron chi connectivity index (χ0n) is 9.43. The van der Waals surface area contributed by atoms with Crippen molar-refractivity contribution < 1.29 is 20.1 Å². The SMILES string of the molecule is CO.O=c1ncccn1C1CC(O)C(CO)O1. The van der Waals surface area contributed by atoms with E-state index in [1.165, 1.54) is 10.8 Å². The van der Waals surface area contributed by atoms with Crippen LogP contribution in [0.25, 0.3) is 0 Å². The van der Waals surface area contributed by atoms with Crippen molar-refractivity contribution in [1.29, 1.82) is 0 Å². The number of aliphatic hydroxyl groups is 3. The first-order valence-corrected chi connectivity index (χ1v) is 5.14. The lowest BCUT2D eigenvalue weighted by atomic mass is 10.2. The molecule has 0 saturated carbocycles. The number of hydrogen-bond donors (Lipinski definition) is 3. The Morgan fingerprint density at radius 3 is 2.82 bits per heavy atom. The van der Waals surface area contributed by atoms with Crippen molar-refractivity contribution in [3.05, 3.63) is 28.9 Å². The molecule has 1 aromatic rings. The van der Waals surface area contributed by atoms with Crippen LogP contribution in [0.4, 0.5) is 0 Å². The number of ether oxygens (including phenoxy) is 1. The molecule has 1 aliphatic rings. The van der Waals surface area contributed by atoms with E-state index < -0.39 is 24.1 Å². The monoisotopic (exact) mass is 244 g/mol. The van der Waals surface area contributed by atoms with Crippen molar-refractivity contribution in [1.82, 2.24) is 9.55 Å². The van der Waals surface area contributed by atoms with Gasteiger partial charge < -0.3 is 20.1 Å². The topological polar surface area (TPSA) is 105 Å². The number of aromatic nitrogens is 2. The fraction of sp³-hybridized carbons (Fsp3) is 0.600. The molecule has 1 aliphatic heterocycles. The van der Waals surface area contributed by atoms with Crippen LogP contribution in [-0.4, -0.2) is 50.8 Å². The zero-order valence-corrected chi connectivity index (χ0v) is 9.43. The third-order valence-corrected chi connectivity index (χ3v) is 2.43. The molecule has 1 saturated heterocycles. The highest BCUT2D eigenvalue weighted by Gasteiger charge is 2.34. The Hall–Kier alpha value is -1.28. The van der Waals surface area contributed by atoms with Gasteiger partial charge in [-0.2, -0.15) is 0 Å². The van der Waals surface area contributed by atoms with Crippen molar-refractivity contribution in [2.24, 2.45) is 0 Å². The first-order valence-electron chi connectivity index (χ1n) is 5.14. The molecular formula is C10H16N2O5. The van der Waals surface area contributed by atoms with Crippen LogP contribution < -0.4 is 5.69 Å². The van der Waals surface area contributed by atoms with Crippen molar-refractivity contribution in [3.63, 3.8) is 0 Å². The first-order chi connectivity index (χ1) is 8.22. The fourth-order valence-corrected chi connectivity index (χ4v) is 1.64. The summed E-state index contributed by atoms with van der Waals surface area (Å²) < 4.78 is 6.62. The minimum absolute atomic E-state index is 0.257. The second kappa shape index (κ2) is 6.45. The zero-order chi connectivity index (χ0) is 12.8. The highest BCUT2D eigenvalue weighted by Crippen LogP contribution is 2.26. The molecule has 0 amide bonds. The van der Waals surface area contributed by atoms with Gasteiger partial charge in [0.2, 0.25) is 0 Å². The van der Waals surface area contributed by atoms with E-state index in [1.54, 1.807) is 12.3 Å². The molecule has 1 aromatic heterocycles. The van der Waals surface area contributed by atoms with E-state index >= 15 is 0 Å². The third kappa shape index (κ3) is 3.10. The molecule has 0 bridgehead atoms. The molecule has 2 rings (SSSR count). The van der Waals surface area contributed by atoms with Crippen LogP contribution in [0, 0.1) is 0 Å². The van der Waals surface area contributed by atoms with Crippen LogP contribution in [-0.2, 0) is 4.74 Å². The van der Waals surface area contributed by atoms with Gasteiger partial charge in [-0.3, -0.25) is 4.57 Å². The van der Waals surface area contributed by atoms with Crippen LogP contribution in [0.1, 0.15) is 12.6 Å². The summed E-state index contributed by atoms with van der Waals surface area (Å²) in [6.45, 7) is -0.257. The smallest absolute Gasteiger partial charge is 0.349 e. The number of aliphatic hydroxyl groups excluding tert-OH is 3. The number of rotatable bonds is 2. The van der Waals surface area contributed by atoms with Gasteiger partial charge in [0.25, 0.3) is 0 Å². The molecule has 2 heterocycles. The van der Waals surface area contributed by atoms with E-state index in [4.69, 9.17) is 14.9 Å². The maximum atomic E-state index is 11.3. The Labute approximate surface area is 97.9 Å². The maximum absolute atomic E-state index is 11.3. The van der Waals surface area contributed by atoms with Crippen LogP contribution in [0.15, 0.2) is 23.3 Å². The van der Waals surface area contributed by atoms with Gasteiger partial charge in [-0.05, 0) is 6.07 Å². The van der Waals surface area contributed by atoms with E-state index in [-0.39, 0.29) is 13.0 Å². The summed E-state index contributed by atoms with van der Waals surface area (Å²) in [5, 5.41) is 25.4. The molecule has 3 N–H and O–H groups in total. The summed E-state index contributed by atoms with van der Waals surface area (Å²) >= 11 is 0. The van der Waals surface area contributed by atoms with Crippen molar-refractivity contribution in [2.45, 2.75) is 24.9 Å². The van der Waals surface area contributed by atoms with Crippen LogP contribution >= 0.6 is 0 Å². The lowest BCUT2D eigenvalue weighted by molar-refractivity contribution is -0.0458. The second-order valence-corrected chi connectivity index (χ2v) is 3.42. The van der Waals surface area contributed by atoms with Gasteiger partial charge in [-0.25, -0.2) is 9.78 Å². The molecule has 0 spiro atoms. The first kappa shape index (κ1) is 13.8. The molecular weight excluding hydrogens is 228 g/mol. The average molecular weight is 244 g/mol. The lowest BCUT2D eigenvalue weighted by Gasteiger charge is -2.13. The maximum Gasteiger partial charge on any atom is 0.349 e. The Morgan fingerprint density at radius 1 is 1.59 bits per heavy atom. The third-order valence-electron chi connectivity index (χ3n) is 2.43. The van der Waals surface area contributed by atoms with Crippen LogP contribution in [0.3, 0.4) is 0 Å². The van der Waals surface area contributed by atoms with E-state index in [0.717, 1.165) is 7.11 Å². The van der Waals surface area contributed by atoms with Crippen LogP contribution in [0.2, 0.25) is 0 Å². The minimum atomic E-state index is -0.743. The number of nitrogens with zero attached hydrogens (tertiary/aromatic N) is 2. The van der Waals surface area contributed by atoms with Crippen LogP contribution in [0.5, 0.6) is 0 Å². The summed E-state index contributed by atoms with van der Waals surface area (Å²) in [5.74, 6) is 0. The van der Waals surface area contributed by atoms with E-state index in [2.05, 4.69) is 4.98 Å². The Balaban J connectivity index is 0.000000686. The molecule has 17 heavy (non-hydrogen) atoms. The molecule has 0 radical (unpaired) electrons. The van der Waals surface area contributed by atoms with E-state index in [0.29, 0.717) is 0 Å². The van der Waals surface area contributed by atoms with E-state index in [1.807, 2.05) is 0 Å². The predicted molar refractivity (Wildman–Crippen MR) is 58.3 cm³/mol. The van der Waals surface area contributed by atoms with Crippen molar-refractivity contribution in [2.75, 3.05) is 13.7 Å². The molecule has 3 unspecified atom stereocenters. The summed E-state index contributed by atoms with van der Waals surface area (Å²) in [7, 11) is 1.00. The molecule has 7 heteroatoms. The van der Waals surface area contributed by atoms with Gasteiger partial charge in [-0.1, -0.05) is 0 Å². The normalized spacial score (nSPS) is 27.4. The summed E-state index contributed by atoms with van der Waals surface area (Å²) in [5.41, 5.74) is -0.423. The molecule has 0 aromatic carbocycles. The molecule has 3 atom stereocenters. The largest absolute Gasteiger partial charge is 0.400 e. The van der Waals surface area contributed by atoms with Gasteiger partial charge in [0.1, 0.15) is 12.3 Å². The van der Waals surface area contributed by atoms with E-state index in [9.17, 15) is 9.90 Å². The van der Waals surface area contributed by atoms with Gasteiger partial charge in [0, 0.05) is 25.9 Å². The number of hydrogen-bond acceptors (Lipinski definition) is 6. The van der Waals surface area contributed by atoms with Crippen molar-refractivity contribution in [3.8, 4) is 0 Å².